The fourth-order valence-corrected chi connectivity index (χ4v) is 5.60. The minimum absolute atomic E-state index is 0.0120. The summed E-state index contributed by atoms with van der Waals surface area (Å²) in [5.74, 6) is 0. The van der Waals surface area contributed by atoms with Crippen LogP contribution >= 0.6 is 0 Å². The fraction of sp³-hybridized carbons (Fsp3) is 0.226. The number of hydrogen-bond donors (Lipinski definition) is 3. The molecule has 1 fully saturated rings. The van der Waals surface area contributed by atoms with Gasteiger partial charge in [-0.1, -0.05) is 121 Å². The van der Waals surface area contributed by atoms with E-state index in [1.807, 2.05) is 121 Å². The summed E-state index contributed by atoms with van der Waals surface area (Å²) in [7, 11) is 0. The van der Waals surface area contributed by atoms with Gasteiger partial charge in [0.2, 0.25) is 0 Å². The van der Waals surface area contributed by atoms with E-state index in [-0.39, 0.29) is 12.8 Å². The van der Waals surface area contributed by atoms with E-state index in [4.69, 9.17) is 4.74 Å². The van der Waals surface area contributed by atoms with Crippen LogP contribution in [0.4, 0.5) is 0 Å². The molecule has 0 bridgehead atoms. The summed E-state index contributed by atoms with van der Waals surface area (Å²) in [5, 5.41) is 34.8. The standard InChI is InChI=1S/C31H30O4/c32-27-22-30(34,21-23-13-5-1-6-14-23)29(35-27)28(33)31(24-15-7-2-8-16-24,25-17-9-3-10-18-25)26-19-11-4-12-20-26/h1-20,27-29,32-34H,21-22H2/t27-,28?,29+,30+/m0/s1. The van der Waals surface area contributed by atoms with Crippen LogP contribution in [0.3, 0.4) is 0 Å². The summed E-state index contributed by atoms with van der Waals surface area (Å²) in [6.07, 6.45) is -3.17. The molecule has 4 nitrogen and oxygen atoms in total. The van der Waals surface area contributed by atoms with Gasteiger partial charge in [0, 0.05) is 12.8 Å². The van der Waals surface area contributed by atoms with E-state index in [1.54, 1.807) is 0 Å². The van der Waals surface area contributed by atoms with Crippen LogP contribution in [-0.2, 0) is 16.6 Å². The number of aliphatic hydroxyl groups excluding tert-OH is 2. The van der Waals surface area contributed by atoms with Gasteiger partial charge in [0.25, 0.3) is 0 Å². The SMILES string of the molecule is OC([C@H]1O[C@H](O)C[C@]1(O)Cc1ccccc1)C(c1ccccc1)(c1ccccc1)c1ccccc1. The first-order valence-electron chi connectivity index (χ1n) is 12.0. The molecule has 1 aliphatic heterocycles. The van der Waals surface area contributed by atoms with Crippen LogP contribution in [-0.4, -0.2) is 39.4 Å². The molecule has 0 aromatic heterocycles. The van der Waals surface area contributed by atoms with E-state index < -0.39 is 29.5 Å². The Morgan fingerprint density at radius 1 is 0.714 bits per heavy atom. The van der Waals surface area contributed by atoms with Crippen LogP contribution in [0.1, 0.15) is 28.7 Å². The predicted octanol–water partition coefficient (Wildman–Crippen LogP) is 4.46. The van der Waals surface area contributed by atoms with Crippen LogP contribution in [0, 0.1) is 0 Å². The third kappa shape index (κ3) is 4.30. The highest BCUT2D eigenvalue weighted by Crippen LogP contribution is 2.48. The zero-order valence-electron chi connectivity index (χ0n) is 19.4. The Hall–Kier alpha value is -3.28. The van der Waals surface area contributed by atoms with Gasteiger partial charge < -0.3 is 20.1 Å². The molecule has 1 unspecified atom stereocenters. The van der Waals surface area contributed by atoms with Gasteiger partial charge in [-0.25, -0.2) is 0 Å². The second-order valence-electron chi connectivity index (χ2n) is 9.33. The molecule has 3 N–H and O–H groups in total. The Labute approximate surface area is 206 Å². The van der Waals surface area contributed by atoms with Crippen molar-refractivity contribution in [2.24, 2.45) is 0 Å². The minimum atomic E-state index is -1.47. The summed E-state index contributed by atoms with van der Waals surface area (Å²) >= 11 is 0. The monoisotopic (exact) mass is 466 g/mol. The first kappa shape index (κ1) is 23.5. The molecule has 5 rings (SSSR count). The normalized spacial score (nSPS) is 23.2. The van der Waals surface area contributed by atoms with Crippen molar-refractivity contribution in [3.63, 3.8) is 0 Å². The molecular formula is C31H30O4. The Balaban J connectivity index is 1.70. The van der Waals surface area contributed by atoms with E-state index in [1.165, 1.54) is 0 Å². The number of benzene rings is 4. The predicted molar refractivity (Wildman–Crippen MR) is 136 cm³/mol. The Bertz CT molecular complexity index is 1120. The first-order valence-corrected chi connectivity index (χ1v) is 12.0. The smallest absolute Gasteiger partial charge is 0.158 e. The first-order chi connectivity index (χ1) is 17.0. The van der Waals surface area contributed by atoms with E-state index in [0.717, 1.165) is 22.3 Å². The molecule has 0 radical (unpaired) electrons. The molecule has 4 atom stereocenters. The van der Waals surface area contributed by atoms with Gasteiger partial charge in [0.15, 0.2) is 6.29 Å². The summed E-state index contributed by atoms with van der Waals surface area (Å²) < 4.78 is 5.94. The van der Waals surface area contributed by atoms with Crippen molar-refractivity contribution in [3.8, 4) is 0 Å². The second-order valence-corrected chi connectivity index (χ2v) is 9.33. The van der Waals surface area contributed by atoms with E-state index in [0.29, 0.717) is 0 Å². The van der Waals surface area contributed by atoms with Crippen LogP contribution in [0.15, 0.2) is 121 Å². The minimum Gasteiger partial charge on any atom is -0.389 e. The highest BCUT2D eigenvalue weighted by Gasteiger charge is 2.57. The molecule has 1 aliphatic rings. The average Bonchev–Trinajstić information content (AvgIpc) is 3.20. The van der Waals surface area contributed by atoms with Gasteiger partial charge in [-0.3, -0.25) is 0 Å². The van der Waals surface area contributed by atoms with Gasteiger partial charge >= 0.3 is 0 Å². The van der Waals surface area contributed by atoms with Gasteiger partial charge in [-0.15, -0.1) is 0 Å². The fourth-order valence-electron chi connectivity index (χ4n) is 5.60. The summed E-state index contributed by atoms with van der Waals surface area (Å²) in [5.41, 5.74) is 1.01. The molecule has 0 aliphatic carbocycles. The lowest BCUT2D eigenvalue weighted by Gasteiger charge is -2.45. The van der Waals surface area contributed by atoms with E-state index in [9.17, 15) is 15.3 Å². The van der Waals surface area contributed by atoms with E-state index >= 15 is 0 Å². The number of aliphatic hydroxyl groups is 3. The maximum atomic E-state index is 12.4. The zero-order chi connectivity index (χ0) is 24.3. The van der Waals surface area contributed by atoms with Gasteiger partial charge in [0.1, 0.15) is 17.8 Å². The lowest BCUT2D eigenvalue weighted by atomic mass is 9.62. The summed E-state index contributed by atoms with van der Waals surface area (Å²) in [4.78, 5) is 0. The maximum absolute atomic E-state index is 12.4. The third-order valence-corrected chi connectivity index (χ3v) is 7.13. The van der Waals surface area contributed by atoms with Crippen molar-refractivity contribution in [2.45, 2.75) is 42.4 Å². The zero-order valence-corrected chi connectivity index (χ0v) is 19.4. The Kier molecular flexibility index (Phi) is 6.54. The molecule has 4 aromatic carbocycles. The van der Waals surface area contributed by atoms with Gasteiger partial charge in [0.05, 0.1) is 5.41 Å². The van der Waals surface area contributed by atoms with Crippen molar-refractivity contribution in [2.75, 3.05) is 0 Å². The quantitative estimate of drug-likeness (QED) is 0.352. The Morgan fingerprint density at radius 2 is 1.11 bits per heavy atom. The van der Waals surface area contributed by atoms with Gasteiger partial charge in [-0.05, 0) is 22.3 Å². The largest absolute Gasteiger partial charge is 0.389 e. The van der Waals surface area contributed by atoms with E-state index in [2.05, 4.69) is 0 Å². The molecule has 35 heavy (non-hydrogen) atoms. The lowest BCUT2D eigenvalue weighted by molar-refractivity contribution is -0.154. The third-order valence-electron chi connectivity index (χ3n) is 7.13. The topological polar surface area (TPSA) is 69.9 Å². The van der Waals surface area contributed by atoms with Crippen LogP contribution < -0.4 is 0 Å². The molecule has 0 amide bonds. The summed E-state index contributed by atoms with van der Waals surface area (Å²) in [6, 6.07) is 39.1. The van der Waals surface area contributed by atoms with Crippen molar-refractivity contribution in [1.82, 2.24) is 0 Å². The van der Waals surface area contributed by atoms with Crippen molar-refractivity contribution in [3.05, 3.63) is 144 Å². The highest BCUT2D eigenvalue weighted by atomic mass is 16.6. The molecule has 1 saturated heterocycles. The summed E-state index contributed by atoms with van der Waals surface area (Å²) in [6.45, 7) is 0. The van der Waals surface area contributed by atoms with Crippen molar-refractivity contribution < 1.29 is 20.1 Å². The molecule has 1 heterocycles. The molecule has 178 valence electrons. The molecule has 0 saturated carbocycles. The number of rotatable bonds is 7. The molecule has 0 spiro atoms. The van der Waals surface area contributed by atoms with Crippen LogP contribution in [0.5, 0.6) is 0 Å². The second kappa shape index (κ2) is 9.76. The average molecular weight is 467 g/mol. The number of ether oxygens (including phenoxy) is 1. The molecular weight excluding hydrogens is 436 g/mol. The lowest BCUT2D eigenvalue weighted by Crippen LogP contribution is -2.56. The Morgan fingerprint density at radius 3 is 1.54 bits per heavy atom. The molecule has 4 heteroatoms. The highest BCUT2D eigenvalue weighted by molar-refractivity contribution is 5.52. The van der Waals surface area contributed by atoms with Crippen molar-refractivity contribution >= 4 is 0 Å². The van der Waals surface area contributed by atoms with Gasteiger partial charge in [-0.2, -0.15) is 0 Å². The maximum Gasteiger partial charge on any atom is 0.158 e. The van der Waals surface area contributed by atoms with Crippen LogP contribution in [0.25, 0.3) is 0 Å². The number of hydrogen-bond acceptors (Lipinski definition) is 4. The van der Waals surface area contributed by atoms with Crippen molar-refractivity contribution in [1.29, 1.82) is 0 Å². The van der Waals surface area contributed by atoms with Crippen LogP contribution in [0.2, 0.25) is 0 Å². The molecule has 4 aromatic rings.